The zero-order valence-electron chi connectivity index (χ0n) is 19.4. The summed E-state index contributed by atoms with van der Waals surface area (Å²) in [6.07, 6.45) is 3.36. The van der Waals surface area contributed by atoms with Gasteiger partial charge in [0.25, 0.3) is 5.91 Å². The molecule has 0 radical (unpaired) electrons. The lowest BCUT2D eigenvalue weighted by Crippen LogP contribution is -2.45. The van der Waals surface area contributed by atoms with Gasteiger partial charge in [-0.3, -0.25) is 9.59 Å². The summed E-state index contributed by atoms with van der Waals surface area (Å²) in [7, 11) is 1.58. The first-order valence-electron chi connectivity index (χ1n) is 11.5. The molecular weight excluding hydrogens is 432 g/mol. The number of hydrogen-bond donors (Lipinski definition) is 0. The van der Waals surface area contributed by atoms with Crippen molar-refractivity contribution in [1.82, 2.24) is 9.80 Å². The summed E-state index contributed by atoms with van der Waals surface area (Å²) in [6.45, 7) is 1.76. The van der Waals surface area contributed by atoms with E-state index in [2.05, 4.69) is 0 Å². The van der Waals surface area contributed by atoms with Crippen molar-refractivity contribution in [3.63, 3.8) is 0 Å². The average Bonchev–Trinajstić information content (AvgIpc) is 3.58. The van der Waals surface area contributed by atoms with Gasteiger partial charge in [0.15, 0.2) is 0 Å². The Morgan fingerprint density at radius 3 is 2.41 bits per heavy atom. The molecule has 0 N–H and O–H groups in total. The maximum atomic E-state index is 13.5. The van der Waals surface area contributed by atoms with E-state index in [1.54, 1.807) is 53.5 Å². The second kappa shape index (κ2) is 11.5. The van der Waals surface area contributed by atoms with Crippen LogP contribution in [0.2, 0.25) is 0 Å². The van der Waals surface area contributed by atoms with Gasteiger partial charge in [0.2, 0.25) is 5.91 Å². The van der Waals surface area contributed by atoms with Gasteiger partial charge in [-0.25, -0.2) is 0 Å². The molecule has 4 rings (SSSR count). The molecule has 3 aromatic rings. The smallest absolute Gasteiger partial charge is 0.254 e. The summed E-state index contributed by atoms with van der Waals surface area (Å²) >= 11 is 0. The number of benzene rings is 2. The monoisotopic (exact) mass is 462 g/mol. The van der Waals surface area contributed by atoms with Crippen LogP contribution in [0, 0.1) is 0 Å². The van der Waals surface area contributed by atoms with Gasteiger partial charge in [0, 0.05) is 25.3 Å². The van der Waals surface area contributed by atoms with Crippen LogP contribution in [0.25, 0.3) is 0 Å². The Labute approximate surface area is 199 Å². The minimum atomic E-state index is -0.204. The lowest BCUT2D eigenvalue weighted by Gasteiger charge is -2.29. The first-order valence-corrected chi connectivity index (χ1v) is 11.5. The fraction of sp³-hybridized carbons (Fsp3) is 0.333. The molecule has 2 heterocycles. The van der Waals surface area contributed by atoms with Crippen molar-refractivity contribution in [3.8, 4) is 5.75 Å². The van der Waals surface area contributed by atoms with Crippen molar-refractivity contribution in [2.75, 3.05) is 26.8 Å². The van der Waals surface area contributed by atoms with Crippen molar-refractivity contribution in [3.05, 3.63) is 89.9 Å². The van der Waals surface area contributed by atoms with Gasteiger partial charge in [0.1, 0.15) is 18.1 Å². The van der Waals surface area contributed by atoms with E-state index in [1.165, 1.54) is 0 Å². The van der Waals surface area contributed by atoms with Crippen LogP contribution in [0.4, 0.5) is 0 Å². The molecule has 1 aliphatic heterocycles. The van der Waals surface area contributed by atoms with Gasteiger partial charge in [-0.15, -0.1) is 0 Å². The predicted octanol–water partition coefficient (Wildman–Crippen LogP) is 4.14. The van der Waals surface area contributed by atoms with Gasteiger partial charge in [-0.05, 0) is 54.8 Å². The van der Waals surface area contributed by atoms with Gasteiger partial charge >= 0.3 is 0 Å². The van der Waals surface area contributed by atoms with E-state index in [1.807, 2.05) is 36.4 Å². The zero-order chi connectivity index (χ0) is 23.8. The lowest BCUT2D eigenvalue weighted by atomic mass is 10.1. The normalized spacial score (nSPS) is 15.1. The van der Waals surface area contributed by atoms with Crippen LogP contribution in [-0.4, -0.2) is 54.5 Å². The minimum absolute atomic E-state index is 0.0434. The largest absolute Gasteiger partial charge is 0.497 e. The van der Waals surface area contributed by atoms with Crippen molar-refractivity contribution < 1.29 is 23.5 Å². The van der Waals surface area contributed by atoms with E-state index in [0.717, 1.165) is 18.4 Å². The van der Waals surface area contributed by atoms with E-state index < -0.39 is 0 Å². The molecule has 1 aromatic heterocycles. The summed E-state index contributed by atoms with van der Waals surface area (Å²) in [6, 6.07) is 20.4. The van der Waals surface area contributed by atoms with Crippen molar-refractivity contribution >= 4 is 11.8 Å². The van der Waals surface area contributed by atoms with Crippen LogP contribution in [0.3, 0.4) is 0 Å². The minimum Gasteiger partial charge on any atom is -0.497 e. The third kappa shape index (κ3) is 6.26. The molecule has 2 amide bonds. The number of amides is 2. The Bertz CT molecular complexity index is 1040. The molecule has 2 aromatic carbocycles. The fourth-order valence-corrected chi connectivity index (χ4v) is 4.06. The second-order valence-electron chi connectivity index (χ2n) is 8.36. The van der Waals surface area contributed by atoms with Gasteiger partial charge in [0.05, 0.1) is 26.0 Å². The van der Waals surface area contributed by atoms with Crippen LogP contribution in [0.1, 0.15) is 34.5 Å². The van der Waals surface area contributed by atoms with Crippen LogP contribution < -0.4 is 4.74 Å². The maximum absolute atomic E-state index is 13.5. The second-order valence-corrected chi connectivity index (χ2v) is 8.36. The lowest BCUT2D eigenvalue weighted by molar-refractivity contribution is -0.133. The number of hydrogen-bond acceptors (Lipinski definition) is 5. The standard InChI is InChI=1S/C27H30N2O5/c1-32-23-13-11-22(12-14-23)27(31)29(19-25-10-6-16-34-25)20-26(30)28(18-24-9-5-15-33-24)17-21-7-3-2-4-8-21/h2-5,7-9,11-15,25H,6,10,16-20H2,1H3/t25-/m1/s1. The molecule has 1 fully saturated rings. The summed E-state index contributed by atoms with van der Waals surface area (Å²) in [5, 5.41) is 0. The zero-order valence-corrected chi connectivity index (χ0v) is 19.4. The topological polar surface area (TPSA) is 72.2 Å². The number of ether oxygens (including phenoxy) is 2. The molecule has 1 atom stereocenters. The summed E-state index contributed by atoms with van der Waals surface area (Å²) in [5.74, 6) is 1.01. The Morgan fingerprint density at radius 2 is 1.76 bits per heavy atom. The third-order valence-corrected chi connectivity index (χ3v) is 5.89. The van der Waals surface area contributed by atoms with E-state index in [9.17, 15) is 9.59 Å². The first-order chi connectivity index (χ1) is 16.6. The van der Waals surface area contributed by atoms with Crippen LogP contribution in [0.15, 0.2) is 77.4 Å². The molecular formula is C27H30N2O5. The number of carbonyl (C=O) groups is 2. The van der Waals surface area contributed by atoms with Gasteiger partial charge in [-0.1, -0.05) is 30.3 Å². The molecule has 7 heteroatoms. The molecule has 34 heavy (non-hydrogen) atoms. The predicted molar refractivity (Wildman–Crippen MR) is 127 cm³/mol. The Kier molecular flexibility index (Phi) is 7.99. The van der Waals surface area contributed by atoms with Gasteiger partial charge in [-0.2, -0.15) is 0 Å². The van der Waals surface area contributed by atoms with Gasteiger partial charge < -0.3 is 23.7 Å². The highest BCUT2D eigenvalue weighted by atomic mass is 16.5. The molecule has 1 saturated heterocycles. The van der Waals surface area contributed by atoms with Crippen molar-refractivity contribution in [2.24, 2.45) is 0 Å². The van der Waals surface area contributed by atoms with E-state index in [4.69, 9.17) is 13.9 Å². The molecule has 0 spiro atoms. The third-order valence-electron chi connectivity index (χ3n) is 5.89. The summed E-state index contributed by atoms with van der Waals surface area (Å²) in [5.41, 5.74) is 1.52. The Morgan fingerprint density at radius 1 is 0.971 bits per heavy atom. The highest BCUT2D eigenvalue weighted by molar-refractivity contribution is 5.96. The van der Waals surface area contributed by atoms with Crippen LogP contribution in [0.5, 0.6) is 5.75 Å². The number of rotatable bonds is 10. The SMILES string of the molecule is COc1ccc(C(=O)N(CC(=O)N(Cc2ccccc2)Cc2ccco2)C[C@H]2CCCO2)cc1. The number of nitrogens with zero attached hydrogens (tertiary/aromatic N) is 2. The van der Waals surface area contributed by atoms with E-state index in [0.29, 0.717) is 43.3 Å². The fourth-order valence-electron chi connectivity index (χ4n) is 4.06. The first kappa shape index (κ1) is 23.6. The quantitative estimate of drug-likeness (QED) is 0.453. The highest BCUT2D eigenvalue weighted by Gasteiger charge is 2.27. The summed E-state index contributed by atoms with van der Waals surface area (Å²) in [4.78, 5) is 30.2. The average molecular weight is 463 g/mol. The molecule has 7 nitrogen and oxygen atoms in total. The molecule has 0 aliphatic carbocycles. The Balaban J connectivity index is 1.53. The molecule has 0 bridgehead atoms. The van der Waals surface area contributed by atoms with E-state index >= 15 is 0 Å². The maximum Gasteiger partial charge on any atom is 0.254 e. The molecule has 1 aliphatic rings. The number of methoxy groups -OCH3 is 1. The van der Waals surface area contributed by atoms with Crippen molar-refractivity contribution in [2.45, 2.75) is 32.0 Å². The Hall–Kier alpha value is -3.58. The molecule has 178 valence electrons. The number of furan rings is 1. The molecule has 0 unspecified atom stereocenters. The van der Waals surface area contributed by atoms with E-state index in [-0.39, 0.29) is 24.5 Å². The number of carbonyl (C=O) groups excluding carboxylic acids is 2. The van der Waals surface area contributed by atoms with Crippen molar-refractivity contribution in [1.29, 1.82) is 0 Å². The summed E-state index contributed by atoms with van der Waals surface area (Å²) < 4.78 is 16.5. The highest BCUT2D eigenvalue weighted by Crippen LogP contribution is 2.18. The van der Waals surface area contributed by atoms with Crippen LogP contribution >= 0.6 is 0 Å². The molecule has 0 saturated carbocycles. The van der Waals surface area contributed by atoms with Crippen LogP contribution in [-0.2, 0) is 22.6 Å².